The van der Waals surface area contributed by atoms with Crippen molar-refractivity contribution in [2.24, 2.45) is 0 Å². The summed E-state index contributed by atoms with van der Waals surface area (Å²) in [6.07, 6.45) is 1.37. The molecule has 0 bridgehead atoms. The molecular formula is C3H3N4NaS2. The number of anilines is 1. The summed E-state index contributed by atoms with van der Waals surface area (Å²) < 4.78 is 0.256. The fourth-order valence-corrected chi connectivity index (χ4v) is 0.556. The van der Waals surface area contributed by atoms with Crippen molar-refractivity contribution in [2.45, 2.75) is 0 Å². The Morgan fingerprint density at radius 1 is 1.80 bits per heavy atom. The maximum absolute atomic E-state index is 4.56. The minimum Gasteiger partial charge on any atom is -0.411 e. The standard InChI is InChI=1S/C3H4N4S2.Na/c8-3(9)6-2-4-1-5-7-2;/h1H,(H3,4,5,6,7,8,9);/q;+1/p-1. The van der Waals surface area contributed by atoms with Crippen molar-refractivity contribution in [3.05, 3.63) is 6.33 Å². The first-order valence-corrected chi connectivity index (χ1v) is 2.94. The van der Waals surface area contributed by atoms with Gasteiger partial charge in [0.25, 0.3) is 0 Å². The Labute approximate surface area is 90.9 Å². The number of thiocarbonyl (C=S) groups is 1. The summed E-state index contributed by atoms with van der Waals surface area (Å²) in [7, 11) is 0. The first kappa shape index (κ1) is 10.2. The largest absolute Gasteiger partial charge is 1.00 e. The molecule has 48 valence electrons. The van der Waals surface area contributed by atoms with E-state index in [0.717, 1.165) is 0 Å². The molecule has 0 aliphatic heterocycles. The van der Waals surface area contributed by atoms with Gasteiger partial charge >= 0.3 is 29.6 Å². The van der Waals surface area contributed by atoms with Crippen molar-refractivity contribution in [2.75, 3.05) is 5.32 Å². The topological polar surface area (TPSA) is 53.6 Å². The number of aromatic nitrogens is 3. The molecular weight excluding hydrogens is 179 g/mol. The molecule has 1 aromatic heterocycles. The maximum Gasteiger partial charge on any atom is 1.00 e. The predicted octanol–water partition coefficient (Wildman–Crippen LogP) is -2.95. The van der Waals surface area contributed by atoms with Crippen molar-refractivity contribution < 1.29 is 29.6 Å². The Balaban J connectivity index is 0.000000810. The SMILES string of the molecule is S=C([S-])Nc1ncn[nH]1.[Na+]. The van der Waals surface area contributed by atoms with Crippen LogP contribution in [0.4, 0.5) is 5.95 Å². The normalized spacial score (nSPS) is 8.00. The van der Waals surface area contributed by atoms with Crippen LogP contribution in [-0.4, -0.2) is 19.5 Å². The number of rotatable bonds is 1. The Hall–Kier alpha value is 0.250. The summed E-state index contributed by atoms with van der Waals surface area (Å²) in [6, 6.07) is 0. The van der Waals surface area contributed by atoms with E-state index in [9.17, 15) is 0 Å². The van der Waals surface area contributed by atoms with E-state index < -0.39 is 0 Å². The van der Waals surface area contributed by atoms with Crippen LogP contribution in [0.5, 0.6) is 0 Å². The quantitative estimate of drug-likeness (QED) is 0.276. The van der Waals surface area contributed by atoms with Crippen LogP contribution in [0.15, 0.2) is 6.33 Å². The minimum absolute atomic E-state index is 0. The van der Waals surface area contributed by atoms with Crippen molar-refractivity contribution >= 4 is 35.1 Å². The fraction of sp³-hybridized carbons (Fsp3) is 0. The van der Waals surface area contributed by atoms with E-state index in [4.69, 9.17) is 0 Å². The van der Waals surface area contributed by atoms with Crippen LogP contribution < -0.4 is 34.9 Å². The molecule has 0 saturated carbocycles. The second-order valence-electron chi connectivity index (χ2n) is 1.25. The van der Waals surface area contributed by atoms with E-state index in [2.05, 4.69) is 45.3 Å². The zero-order chi connectivity index (χ0) is 6.69. The van der Waals surface area contributed by atoms with E-state index in [-0.39, 0.29) is 33.9 Å². The van der Waals surface area contributed by atoms with E-state index in [0.29, 0.717) is 5.95 Å². The van der Waals surface area contributed by atoms with Gasteiger partial charge in [-0.1, -0.05) is 4.32 Å². The molecule has 0 fully saturated rings. The minimum atomic E-state index is 0. The Kier molecular flexibility index (Phi) is 5.10. The zero-order valence-corrected chi connectivity index (χ0v) is 8.92. The molecule has 1 aromatic rings. The van der Waals surface area contributed by atoms with Crippen LogP contribution in [0.25, 0.3) is 0 Å². The van der Waals surface area contributed by atoms with Crippen molar-refractivity contribution in [1.82, 2.24) is 15.2 Å². The van der Waals surface area contributed by atoms with Gasteiger partial charge in [0.05, 0.1) is 0 Å². The number of hydrogen-bond donors (Lipinski definition) is 2. The van der Waals surface area contributed by atoms with Crippen LogP contribution >= 0.6 is 12.2 Å². The van der Waals surface area contributed by atoms with E-state index in [1.165, 1.54) is 6.33 Å². The van der Waals surface area contributed by atoms with Gasteiger partial charge in [0.1, 0.15) is 6.33 Å². The van der Waals surface area contributed by atoms with Gasteiger partial charge in [-0.25, -0.2) is 5.10 Å². The van der Waals surface area contributed by atoms with Crippen molar-refractivity contribution in [1.29, 1.82) is 0 Å². The molecule has 0 radical (unpaired) electrons. The van der Waals surface area contributed by atoms with Gasteiger partial charge in [-0.3, -0.25) is 0 Å². The van der Waals surface area contributed by atoms with Crippen LogP contribution in [0.2, 0.25) is 0 Å². The average Bonchev–Trinajstić information content (AvgIpc) is 2.15. The second-order valence-corrected chi connectivity index (χ2v) is 2.32. The summed E-state index contributed by atoms with van der Waals surface area (Å²) in [5.41, 5.74) is 0. The fourth-order valence-electron chi connectivity index (χ4n) is 0.362. The van der Waals surface area contributed by atoms with Crippen LogP contribution in [0.1, 0.15) is 0 Å². The summed E-state index contributed by atoms with van der Waals surface area (Å²) in [4.78, 5) is 3.72. The molecule has 2 N–H and O–H groups in total. The molecule has 4 nitrogen and oxygen atoms in total. The molecule has 0 atom stereocenters. The Bertz CT molecular complexity index is 198. The molecule has 0 spiro atoms. The van der Waals surface area contributed by atoms with Crippen LogP contribution in [0, 0.1) is 0 Å². The van der Waals surface area contributed by atoms with Crippen molar-refractivity contribution in [3.63, 3.8) is 0 Å². The maximum atomic E-state index is 4.56. The molecule has 7 heteroatoms. The summed E-state index contributed by atoms with van der Waals surface area (Å²) in [5.74, 6) is 0.481. The van der Waals surface area contributed by atoms with Crippen LogP contribution in [0.3, 0.4) is 0 Å². The van der Waals surface area contributed by atoms with E-state index in [1.807, 2.05) is 0 Å². The molecule has 0 aliphatic carbocycles. The molecule has 0 aromatic carbocycles. The summed E-state index contributed by atoms with van der Waals surface area (Å²) in [5, 5.41) is 8.71. The zero-order valence-electron chi connectivity index (χ0n) is 5.29. The van der Waals surface area contributed by atoms with Gasteiger partial charge in [-0.05, 0) is 0 Å². The first-order chi connectivity index (χ1) is 4.29. The number of H-pyrrole nitrogens is 1. The average molecular weight is 182 g/mol. The molecule has 0 saturated heterocycles. The third kappa shape index (κ3) is 3.43. The number of nitrogens with one attached hydrogen (secondary N) is 2. The Morgan fingerprint density at radius 2 is 2.50 bits per heavy atom. The summed E-state index contributed by atoms with van der Waals surface area (Å²) >= 11 is 9.12. The number of aromatic amines is 1. The predicted molar refractivity (Wildman–Crippen MR) is 40.0 cm³/mol. The van der Waals surface area contributed by atoms with Gasteiger partial charge in [-0.2, -0.15) is 10.1 Å². The van der Waals surface area contributed by atoms with Gasteiger partial charge in [-0.15, -0.1) is 0 Å². The van der Waals surface area contributed by atoms with Gasteiger partial charge < -0.3 is 30.2 Å². The third-order valence-electron chi connectivity index (χ3n) is 0.635. The molecule has 10 heavy (non-hydrogen) atoms. The van der Waals surface area contributed by atoms with Gasteiger partial charge in [0.15, 0.2) is 0 Å². The van der Waals surface area contributed by atoms with E-state index >= 15 is 0 Å². The second kappa shape index (κ2) is 4.97. The third-order valence-corrected chi connectivity index (χ3v) is 0.840. The van der Waals surface area contributed by atoms with Crippen molar-refractivity contribution in [3.8, 4) is 0 Å². The number of nitrogens with zero attached hydrogens (tertiary/aromatic N) is 2. The molecule has 0 unspecified atom stereocenters. The summed E-state index contributed by atoms with van der Waals surface area (Å²) in [6.45, 7) is 0. The number of hydrogen-bond acceptors (Lipinski definition) is 4. The molecule has 0 aliphatic rings. The van der Waals surface area contributed by atoms with E-state index in [1.54, 1.807) is 0 Å². The monoisotopic (exact) mass is 182 g/mol. The van der Waals surface area contributed by atoms with Gasteiger partial charge in [0.2, 0.25) is 5.95 Å². The van der Waals surface area contributed by atoms with Gasteiger partial charge in [0, 0.05) is 0 Å². The molecule has 0 amide bonds. The molecule has 1 heterocycles. The Morgan fingerprint density at radius 3 is 2.90 bits per heavy atom. The smallest absolute Gasteiger partial charge is 0.411 e. The van der Waals surface area contributed by atoms with Crippen LogP contribution in [-0.2, 0) is 12.6 Å². The molecule has 1 rings (SSSR count). The first-order valence-electron chi connectivity index (χ1n) is 2.12.